The Morgan fingerprint density at radius 3 is 2.45 bits per heavy atom. The molecule has 0 amide bonds. The number of aldehydes is 1. The SMILES string of the molecule is CCCCOOC(=O)Cc1c(C)cc2cc(C=O)c(F)cc2c1OS(=O)(=O)C(F)(F)F. The first kappa shape index (κ1) is 24.5. The molecule has 0 bridgehead atoms. The van der Waals surface area contributed by atoms with E-state index in [1.807, 2.05) is 6.92 Å². The van der Waals surface area contributed by atoms with Crippen LogP contribution in [-0.4, -0.2) is 32.8 Å². The summed E-state index contributed by atoms with van der Waals surface area (Å²) in [5.41, 5.74) is -6.30. The van der Waals surface area contributed by atoms with E-state index in [-0.39, 0.29) is 34.8 Å². The van der Waals surface area contributed by atoms with Crippen molar-refractivity contribution in [3.63, 3.8) is 0 Å². The Bertz CT molecular complexity index is 1090. The summed E-state index contributed by atoms with van der Waals surface area (Å²) < 4.78 is 80.4. The standard InChI is InChI=1S/C19H18F4O7S/c1-3-4-5-28-29-17(25)9-14-11(2)6-12-7-13(10-24)16(20)8-15(12)18(14)30-31(26,27)19(21,22)23/h6-8,10H,3-5,9H2,1-2H3. The molecule has 0 heterocycles. The second-order valence-electron chi connectivity index (χ2n) is 6.50. The lowest BCUT2D eigenvalue weighted by Crippen LogP contribution is -2.28. The Hall–Kier alpha value is -2.73. The van der Waals surface area contributed by atoms with Gasteiger partial charge in [-0.2, -0.15) is 26.5 Å². The van der Waals surface area contributed by atoms with E-state index in [2.05, 4.69) is 9.07 Å². The van der Waals surface area contributed by atoms with Crippen LogP contribution in [0.5, 0.6) is 5.75 Å². The fourth-order valence-corrected chi connectivity index (χ4v) is 3.14. The maximum Gasteiger partial charge on any atom is 0.534 e. The van der Waals surface area contributed by atoms with E-state index in [1.54, 1.807) is 0 Å². The predicted octanol–water partition coefficient (Wildman–Crippen LogP) is 4.15. The summed E-state index contributed by atoms with van der Waals surface area (Å²) in [7, 11) is -6.15. The van der Waals surface area contributed by atoms with Gasteiger partial charge in [0, 0.05) is 10.9 Å². The number of alkyl halides is 3. The number of rotatable bonds is 9. The molecule has 0 aliphatic carbocycles. The Morgan fingerprint density at radius 1 is 1.19 bits per heavy atom. The van der Waals surface area contributed by atoms with Gasteiger partial charge >= 0.3 is 21.6 Å². The number of fused-ring (bicyclic) bond motifs is 1. The van der Waals surface area contributed by atoms with Crippen molar-refractivity contribution >= 4 is 33.1 Å². The second kappa shape index (κ2) is 9.60. The fraction of sp³-hybridized carbons (Fsp3) is 0.368. The van der Waals surface area contributed by atoms with Crippen molar-refractivity contribution in [1.82, 2.24) is 0 Å². The molecule has 0 aliphatic rings. The van der Waals surface area contributed by atoms with Crippen LogP contribution in [0.3, 0.4) is 0 Å². The molecule has 0 unspecified atom stereocenters. The normalized spacial score (nSPS) is 12.1. The third-order valence-electron chi connectivity index (χ3n) is 4.19. The van der Waals surface area contributed by atoms with Crippen LogP contribution >= 0.6 is 0 Å². The number of hydrogen-bond acceptors (Lipinski definition) is 7. The summed E-state index contributed by atoms with van der Waals surface area (Å²) in [5.74, 6) is -3.04. The minimum Gasteiger partial charge on any atom is -0.375 e. The van der Waals surface area contributed by atoms with Crippen molar-refractivity contribution < 1.29 is 49.5 Å². The summed E-state index contributed by atoms with van der Waals surface area (Å²) >= 11 is 0. The van der Waals surface area contributed by atoms with E-state index in [9.17, 15) is 35.6 Å². The molecule has 0 radical (unpaired) electrons. The van der Waals surface area contributed by atoms with Crippen LogP contribution in [0, 0.1) is 12.7 Å². The first-order chi connectivity index (χ1) is 14.4. The monoisotopic (exact) mass is 466 g/mol. The van der Waals surface area contributed by atoms with Gasteiger partial charge in [0.15, 0.2) is 12.0 Å². The number of carbonyl (C=O) groups is 2. The summed E-state index contributed by atoms with van der Waals surface area (Å²) in [6.45, 7) is 3.32. The highest BCUT2D eigenvalue weighted by molar-refractivity contribution is 7.88. The maximum absolute atomic E-state index is 14.1. The molecule has 0 aromatic heterocycles. The van der Waals surface area contributed by atoms with Crippen molar-refractivity contribution in [2.75, 3.05) is 6.61 Å². The quantitative estimate of drug-likeness (QED) is 0.104. The summed E-state index contributed by atoms with van der Waals surface area (Å²) in [5, 5.41) is -0.346. The number of benzene rings is 2. The molecule has 0 spiro atoms. The summed E-state index contributed by atoms with van der Waals surface area (Å²) in [6, 6.07) is 3.02. The highest BCUT2D eigenvalue weighted by Gasteiger charge is 2.49. The molecular weight excluding hydrogens is 448 g/mol. The zero-order valence-electron chi connectivity index (χ0n) is 16.4. The molecule has 0 atom stereocenters. The van der Waals surface area contributed by atoms with Crippen LogP contribution in [-0.2, 0) is 31.1 Å². The van der Waals surface area contributed by atoms with Gasteiger partial charge < -0.3 is 4.18 Å². The summed E-state index contributed by atoms with van der Waals surface area (Å²) in [6.07, 6.45) is 0.811. The van der Waals surface area contributed by atoms with Gasteiger partial charge in [0.25, 0.3) is 0 Å². The maximum atomic E-state index is 14.1. The molecule has 0 saturated heterocycles. The van der Waals surface area contributed by atoms with Crippen LogP contribution < -0.4 is 4.18 Å². The lowest BCUT2D eigenvalue weighted by Gasteiger charge is -2.17. The lowest BCUT2D eigenvalue weighted by atomic mass is 9.97. The van der Waals surface area contributed by atoms with Crippen molar-refractivity contribution in [2.45, 2.75) is 38.6 Å². The average Bonchev–Trinajstić information content (AvgIpc) is 2.67. The Kier molecular flexibility index (Phi) is 7.60. The molecule has 170 valence electrons. The molecule has 0 N–H and O–H groups in total. The lowest BCUT2D eigenvalue weighted by molar-refractivity contribution is -0.272. The minimum absolute atomic E-state index is 0.0321. The highest BCUT2D eigenvalue weighted by Crippen LogP contribution is 2.38. The van der Waals surface area contributed by atoms with Crippen LogP contribution in [0.25, 0.3) is 10.8 Å². The Labute approximate surface area is 174 Å². The molecular formula is C19H18F4O7S. The van der Waals surface area contributed by atoms with Crippen LogP contribution in [0.15, 0.2) is 18.2 Å². The van der Waals surface area contributed by atoms with Crippen LogP contribution in [0.1, 0.15) is 41.3 Å². The zero-order chi connectivity index (χ0) is 23.4. The highest BCUT2D eigenvalue weighted by atomic mass is 32.2. The molecule has 0 fully saturated rings. The van der Waals surface area contributed by atoms with Gasteiger partial charge in [0.05, 0.1) is 18.6 Å². The van der Waals surface area contributed by atoms with E-state index in [1.165, 1.54) is 13.0 Å². The van der Waals surface area contributed by atoms with Crippen LogP contribution in [0.2, 0.25) is 0 Å². The first-order valence-electron chi connectivity index (χ1n) is 8.95. The van der Waals surface area contributed by atoms with Gasteiger partial charge in [-0.1, -0.05) is 19.4 Å². The van der Waals surface area contributed by atoms with Crippen molar-refractivity contribution in [2.24, 2.45) is 0 Å². The smallest absolute Gasteiger partial charge is 0.375 e. The number of unbranched alkanes of at least 4 members (excludes halogenated alkanes) is 1. The molecule has 0 aliphatic heterocycles. The molecule has 0 saturated carbocycles. The molecule has 31 heavy (non-hydrogen) atoms. The third kappa shape index (κ3) is 5.70. The van der Waals surface area contributed by atoms with Crippen LogP contribution in [0.4, 0.5) is 17.6 Å². The number of hydrogen-bond donors (Lipinski definition) is 0. The predicted molar refractivity (Wildman–Crippen MR) is 100 cm³/mol. The fourth-order valence-electron chi connectivity index (χ4n) is 2.63. The molecule has 2 rings (SSSR count). The van der Waals surface area contributed by atoms with Gasteiger partial charge in [-0.15, -0.1) is 0 Å². The van der Waals surface area contributed by atoms with Crippen molar-refractivity contribution in [3.8, 4) is 5.75 Å². The van der Waals surface area contributed by atoms with E-state index < -0.39 is 45.1 Å². The largest absolute Gasteiger partial charge is 0.534 e. The topological polar surface area (TPSA) is 96.0 Å². The average molecular weight is 466 g/mol. The number of carbonyl (C=O) groups excluding carboxylic acids is 2. The van der Waals surface area contributed by atoms with Crippen molar-refractivity contribution in [1.29, 1.82) is 0 Å². The van der Waals surface area contributed by atoms with Gasteiger partial charge in [-0.25, -0.2) is 9.18 Å². The van der Waals surface area contributed by atoms with Gasteiger partial charge in [0.1, 0.15) is 5.82 Å². The second-order valence-corrected chi connectivity index (χ2v) is 8.04. The van der Waals surface area contributed by atoms with Gasteiger partial charge in [0.2, 0.25) is 0 Å². The number of halogens is 4. The number of aryl methyl sites for hydroxylation is 1. The first-order valence-corrected chi connectivity index (χ1v) is 10.4. The van der Waals surface area contributed by atoms with Crippen molar-refractivity contribution in [3.05, 3.63) is 40.7 Å². The molecule has 2 aromatic carbocycles. The molecule has 2 aromatic rings. The van der Waals surface area contributed by atoms with E-state index in [0.717, 1.165) is 12.5 Å². The Balaban J connectivity index is 2.60. The molecule has 7 nitrogen and oxygen atoms in total. The zero-order valence-corrected chi connectivity index (χ0v) is 17.2. The Morgan fingerprint density at radius 2 is 1.87 bits per heavy atom. The van der Waals surface area contributed by atoms with Gasteiger partial charge in [-0.3, -0.25) is 9.68 Å². The van der Waals surface area contributed by atoms with E-state index >= 15 is 0 Å². The minimum atomic E-state index is -6.15. The summed E-state index contributed by atoms with van der Waals surface area (Å²) in [4.78, 5) is 32.3. The molecule has 12 heteroatoms. The van der Waals surface area contributed by atoms with Gasteiger partial charge in [-0.05, 0) is 36.4 Å². The van der Waals surface area contributed by atoms with E-state index in [0.29, 0.717) is 12.5 Å². The van der Waals surface area contributed by atoms with E-state index in [4.69, 9.17) is 4.89 Å². The third-order valence-corrected chi connectivity index (χ3v) is 5.15.